The van der Waals surface area contributed by atoms with Crippen LogP contribution in [0.3, 0.4) is 0 Å². The molecule has 0 amide bonds. The number of benzene rings is 2. The summed E-state index contributed by atoms with van der Waals surface area (Å²) in [5, 5.41) is 25.0. The highest BCUT2D eigenvalue weighted by Crippen LogP contribution is 2.36. The van der Waals surface area contributed by atoms with Gasteiger partial charge in [-0.2, -0.15) is 4.98 Å². The van der Waals surface area contributed by atoms with Crippen molar-refractivity contribution in [3.8, 4) is 39.9 Å². The van der Waals surface area contributed by atoms with Crippen LogP contribution in [0.5, 0.6) is 0 Å². The van der Waals surface area contributed by atoms with E-state index < -0.39 is 17.3 Å². The van der Waals surface area contributed by atoms with Gasteiger partial charge >= 0.3 is 5.97 Å². The number of nitrogens with zero attached hydrogens (tertiary/aromatic N) is 6. The summed E-state index contributed by atoms with van der Waals surface area (Å²) in [6.07, 6.45) is 4.51. The van der Waals surface area contributed by atoms with Gasteiger partial charge in [-0.25, -0.2) is 9.07 Å². The van der Waals surface area contributed by atoms with Crippen LogP contribution in [0.4, 0.5) is 4.39 Å². The zero-order valence-corrected chi connectivity index (χ0v) is 19.4. The van der Waals surface area contributed by atoms with Crippen LogP contribution < -0.4 is 5.32 Å². The van der Waals surface area contributed by atoms with Crippen LogP contribution in [0.15, 0.2) is 77.6 Å². The molecule has 11 heteroatoms. The van der Waals surface area contributed by atoms with E-state index in [0.29, 0.717) is 47.7 Å². The molecule has 0 spiro atoms. The molecular formula is C26H20FN7O3. The number of hydrogen-bond acceptors (Lipinski definition) is 8. The van der Waals surface area contributed by atoms with Crippen molar-refractivity contribution in [1.29, 1.82) is 0 Å². The fraction of sp³-hybridized carbons (Fsp3) is 0.154. The molecule has 1 aliphatic rings. The molecule has 1 saturated carbocycles. The molecule has 0 unspecified atom stereocenters. The maximum atomic E-state index is 14.6. The fourth-order valence-corrected chi connectivity index (χ4v) is 4.06. The summed E-state index contributed by atoms with van der Waals surface area (Å²) in [7, 11) is 0. The number of carbonyl (C=O) groups is 1. The van der Waals surface area contributed by atoms with Crippen molar-refractivity contribution in [1.82, 2.24) is 35.4 Å². The maximum Gasteiger partial charge on any atom is 0.323 e. The lowest BCUT2D eigenvalue weighted by molar-refractivity contribution is -0.140. The topological polar surface area (TPSA) is 132 Å². The van der Waals surface area contributed by atoms with Gasteiger partial charge in [0.25, 0.3) is 5.89 Å². The van der Waals surface area contributed by atoms with Gasteiger partial charge in [-0.05, 0) is 42.7 Å². The van der Waals surface area contributed by atoms with Crippen molar-refractivity contribution in [2.75, 3.05) is 0 Å². The van der Waals surface area contributed by atoms with Crippen LogP contribution in [-0.4, -0.2) is 46.7 Å². The van der Waals surface area contributed by atoms with Crippen molar-refractivity contribution < 1.29 is 18.8 Å². The second-order valence-electron chi connectivity index (χ2n) is 8.75. The first-order valence-corrected chi connectivity index (χ1v) is 11.6. The second-order valence-corrected chi connectivity index (χ2v) is 8.75. The number of carboxylic acids is 1. The smallest absolute Gasteiger partial charge is 0.323 e. The number of pyridine rings is 1. The molecule has 0 saturated heterocycles. The van der Waals surface area contributed by atoms with Crippen molar-refractivity contribution >= 4 is 5.97 Å². The van der Waals surface area contributed by atoms with Gasteiger partial charge in [0.1, 0.15) is 22.7 Å². The number of para-hydroxylation sites is 1. The summed E-state index contributed by atoms with van der Waals surface area (Å²) in [4.78, 5) is 19.9. The van der Waals surface area contributed by atoms with Gasteiger partial charge in [0.2, 0.25) is 5.82 Å². The molecule has 1 fully saturated rings. The lowest BCUT2D eigenvalue weighted by Gasteiger charge is -2.12. The number of nitrogens with one attached hydrogen (secondary N) is 1. The van der Waals surface area contributed by atoms with Crippen molar-refractivity contribution in [2.24, 2.45) is 0 Å². The Hall–Kier alpha value is -4.77. The summed E-state index contributed by atoms with van der Waals surface area (Å²) >= 11 is 0. The Kier molecular flexibility index (Phi) is 5.53. The monoisotopic (exact) mass is 497 g/mol. The van der Waals surface area contributed by atoms with E-state index in [-0.39, 0.29) is 11.6 Å². The Morgan fingerprint density at radius 3 is 2.51 bits per heavy atom. The highest BCUT2D eigenvalue weighted by atomic mass is 19.1. The van der Waals surface area contributed by atoms with Crippen LogP contribution >= 0.6 is 0 Å². The summed E-state index contributed by atoms with van der Waals surface area (Å²) in [6.45, 7) is 0.443. The molecule has 6 rings (SSSR count). The zero-order chi connectivity index (χ0) is 25.4. The van der Waals surface area contributed by atoms with Gasteiger partial charge in [-0.3, -0.25) is 15.1 Å². The van der Waals surface area contributed by atoms with Crippen LogP contribution in [0, 0.1) is 5.82 Å². The Balaban J connectivity index is 1.30. The maximum absolute atomic E-state index is 14.6. The van der Waals surface area contributed by atoms with E-state index in [1.807, 2.05) is 24.3 Å². The quantitative estimate of drug-likeness (QED) is 0.328. The van der Waals surface area contributed by atoms with Crippen molar-refractivity contribution in [3.63, 3.8) is 0 Å². The molecule has 3 aromatic heterocycles. The largest absolute Gasteiger partial charge is 0.480 e. The Morgan fingerprint density at radius 2 is 1.81 bits per heavy atom. The highest BCUT2D eigenvalue weighted by Gasteiger charge is 2.49. The average molecular weight is 497 g/mol. The summed E-state index contributed by atoms with van der Waals surface area (Å²) in [5.74, 6) is -0.792. The van der Waals surface area contributed by atoms with Gasteiger partial charge < -0.3 is 9.63 Å². The fourth-order valence-electron chi connectivity index (χ4n) is 4.06. The highest BCUT2D eigenvalue weighted by molar-refractivity contribution is 5.82. The van der Waals surface area contributed by atoms with E-state index in [1.165, 1.54) is 10.7 Å². The molecule has 0 radical (unpaired) electrons. The van der Waals surface area contributed by atoms with E-state index in [0.717, 1.165) is 5.56 Å². The molecule has 2 aromatic carbocycles. The number of hydrogen-bond donors (Lipinski definition) is 2. The molecule has 5 aromatic rings. The SMILES string of the molecule is O=C(O)C1(NCc2ccc(-c3noc(-c4nnn(-c5ccccc5F)c4-c4ccncc4)n3)cc2)CC1. The van der Waals surface area contributed by atoms with Gasteiger partial charge in [0, 0.05) is 30.1 Å². The van der Waals surface area contributed by atoms with E-state index in [1.54, 1.807) is 42.7 Å². The van der Waals surface area contributed by atoms with Crippen molar-refractivity contribution in [2.45, 2.75) is 24.9 Å². The van der Waals surface area contributed by atoms with Crippen LogP contribution in [0.1, 0.15) is 18.4 Å². The number of aliphatic carboxylic acids is 1. The Labute approximate surface area is 209 Å². The first-order chi connectivity index (χ1) is 18.0. The van der Waals surface area contributed by atoms with Gasteiger partial charge in [-0.15, -0.1) is 5.10 Å². The normalized spacial score (nSPS) is 14.0. The first kappa shape index (κ1) is 22.7. The van der Waals surface area contributed by atoms with E-state index in [2.05, 4.69) is 30.8 Å². The minimum absolute atomic E-state index is 0.132. The molecule has 37 heavy (non-hydrogen) atoms. The predicted octanol–water partition coefficient (Wildman–Crippen LogP) is 3.89. The lowest BCUT2D eigenvalue weighted by atomic mass is 10.1. The summed E-state index contributed by atoms with van der Waals surface area (Å²) in [5.41, 5.74) is 2.57. The Bertz CT molecular complexity index is 1580. The van der Waals surface area contributed by atoms with Crippen LogP contribution in [-0.2, 0) is 11.3 Å². The first-order valence-electron chi connectivity index (χ1n) is 11.6. The summed E-state index contributed by atoms with van der Waals surface area (Å²) < 4.78 is 21.6. The third-order valence-corrected chi connectivity index (χ3v) is 6.34. The number of carboxylic acid groups (broad SMARTS) is 1. The molecule has 184 valence electrons. The van der Waals surface area contributed by atoms with Gasteiger partial charge in [-0.1, -0.05) is 46.8 Å². The van der Waals surface area contributed by atoms with E-state index >= 15 is 0 Å². The van der Waals surface area contributed by atoms with Gasteiger partial charge in [0.05, 0.1) is 0 Å². The molecule has 0 aliphatic heterocycles. The lowest BCUT2D eigenvalue weighted by Crippen LogP contribution is -2.38. The third-order valence-electron chi connectivity index (χ3n) is 6.34. The minimum Gasteiger partial charge on any atom is -0.480 e. The third kappa shape index (κ3) is 4.25. The van der Waals surface area contributed by atoms with E-state index in [9.17, 15) is 14.3 Å². The molecule has 0 atom stereocenters. The molecule has 2 N–H and O–H groups in total. The van der Waals surface area contributed by atoms with Crippen molar-refractivity contribution in [3.05, 3.63) is 84.4 Å². The number of halogens is 1. The van der Waals surface area contributed by atoms with Gasteiger partial charge in [0.15, 0.2) is 5.69 Å². The van der Waals surface area contributed by atoms with E-state index in [4.69, 9.17) is 4.52 Å². The predicted molar refractivity (Wildman–Crippen MR) is 130 cm³/mol. The molecule has 1 aliphatic carbocycles. The molecular weight excluding hydrogens is 477 g/mol. The molecule has 10 nitrogen and oxygen atoms in total. The molecule has 3 heterocycles. The molecule has 0 bridgehead atoms. The van der Waals surface area contributed by atoms with Crippen LogP contribution in [0.2, 0.25) is 0 Å². The second kappa shape index (κ2) is 9.03. The standard InChI is InChI=1S/C26H20FN7O3/c27-19-3-1-2-4-20(19)34-22(17-9-13-28-14-10-17)21(31-33-34)24-30-23(32-37-24)18-7-5-16(6-8-18)15-29-26(11-12-26)25(35)36/h1-10,13-14,29H,11-12,15H2,(H,35,36). The Morgan fingerprint density at radius 1 is 1.05 bits per heavy atom. The minimum atomic E-state index is -0.818. The number of aromatic nitrogens is 6. The number of rotatable bonds is 8. The average Bonchev–Trinajstić information content (AvgIpc) is 3.36. The zero-order valence-electron chi connectivity index (χ0n) is 19.4. The van der Waals surface area contributed by atoms with Crippen LogP contribution in [0.25, 0.3) is 39.9 Å². The summed E-state index contributed by atoms with van der Waals surface area (Å²) in [6, 6.07) is 17.2.